The van der Waals surface area contributed by atoms with E-state index in [0.717, 1.165) is 5.69 Å². The van der Waals surface area contributed by atoms with E-state index in [1.807, 2.05) is 38.1 Å². The van der Waals surface area contributed by atoms with Gasteiger partial charge in [-0.25, -0.2) is 4.98 Å². The highest BCUT2D eigenvalue weighted by molar-refractivity contribution is 6.01. The number of piperazine rings is 1. The number of aromatic nitrogens is 2. The molecule has 1 aliphatic heterocycles. The molecule has 1 N–H and O–H groups in total. The van der Waals surface area contributed by atoms with Crippen LogP contribution >= 0.6 is 0 Å². The molecule has 1 amide bonds. The maximum absolute atomic E-state index is 13.1. The van der Waals surface area contributed by atoms with Crippen LogP contribution in [0.5, 0.6) is 0 Å². The van der Waals surface area contributed by atoms with Gasteiger partial charge in [0.1, 0.15) is 11.9 Å². The molecule has 8 nitrogen and oxygen atoms in total. The van der Waals surface area contributed by atoms with E-state index < -0.39 is 0 Å². The zero-order valence-electron chi connectivity index (χ0n) is 18.8. The van der Waals surface area contributed by atoms with Crippen molar-refractivity contribution in [2.75, 3.05) is 43.0 Å². The number of ketones is 1. The van der Waals surface area contributed by atoms with Crippen molar-refractivity contribution in [3.8, 4) is 6.07 Å². The lowest BCUT2D eigenvalue weighted by Crippen LogP contribution is -2.48. The molecule has 3 aromatic rings. The summed E-state index contributed by atoms with van der Waals surface area (Å²) in [4.78, 5) is 34.2. The van der Waals surface area contributed by atoms with E-state index in [4.69, 9.17) is 0 Å². The molecule has 0 spiro atoms. The van der Waals surface area contributed by atoms with Crippen molar-refractivity contribution in [2.24, 2.45) is 0 Å². The van der Waals surface area contributed by atoms with Crippen LogP contribution in [0, 0.1) is 25.2 Å². The third kappa shape index (κ3) is 4.78. The Bertz CT molecular complexity index is 1200. The lowest BCUT2D eigenvalue weighted by atomic mass is 10.1. The number of nitrogens with one attached hydrogen (secondary N) is 1. The molecule has 8 heteroatoms. The van der Waals surface area contributed by atoms with Crippen molar-refractivity contribution in [3.63, 3.8) is 0 Å². The predicted molar refractivity (Wildman–Crippen MR) is 126 cm³/mol. The number of nitriles is 1. The Morgan fingerprint density at radius 3 is 2.48 bits per heavy atom. The summed E-state index contributed by atoms with van der Waals surface area (Å²) in [5, 5.41) is 9.32. The Labute approximate surface area is 193 Å². The van der Waals surface area contributed by atoms with E-state index in [1.54, 1.807) is 35.1 Å². The topological polar surface area (TPSA) is 94.3 Å². The zero-order chi connectivity index (χ0) is 23.4. The van der Waals surface area contributed by atoms with E-state index in [9.17, 15) is 14.9 Å². The number of benzene rings is 1. The molecule has 168 valence electrons. The maximum Gasteiger partial charge on any atom is 0.270 e. The zero-order valence-corrected chi connectivity index (χ0v) is 18.8. The van der Waals surface area contributed by atoms with Gasteiger partial charge >= 0.3 is 0 Å². The highest BCUT2D eigenvalue weighted by Crippen LogP contribution is 2.19. The van der Waals surface area contributed by atoms with Gasteiger partial charge in [-0.05, 0) is 44.2 Å². The fourth-order valence-corrected chi connectivity index (χ4v) is 4.12. The van der Waals surface area contributed by atoms with Gasteiger partial charge in [-0.3, -0.25) is 24.6 Å². The normalized spacial score (nSPS) is 14.0. The summed E-state index contributed by atoms with van der Waals surface area (Å²) in [7, 11) is 0. The summed E-state index contributed by atoms with van der Waals surface area (Å²) in [6.45, 7) is 6.82. The lowest BCUT2D eigenvalue weighted by Gasteiger charge is -2.35. The fraction of sp³-hybridized carbons (Fsp3) is 0.280. The summed E-state index contributed by atoms with van der Waals surface area (Å²) >= 11 is 0. The summed E-state index contributed by atoms with van der Waals surface area (Å²) in [6, 6.07) is 16.5. The largest absolute Gasteiger partial charge is 0.353 e. The number of rotatable bonds is 6. The van der Waals surface area contributed by atoms with Crippen LogP contribution in [-0.2, 0) is 0 Å². The van der Waals surface area contributed by atoms with Gasteiger partial charge in [-0.2, -0.15) is 5.26 Å². The number of Topliss-reactive ketones (excluding diaryl/α,β-unsaturated/α-hetero) is 1. The minimum atomic E-state index is -0.223. The molecule has 4 rings (SSSR count). The number of nitrogens with zero attached hydrogens (tertiary/aromatic N) is 5. The number of hydrogen-bond acceptors (Lipinski definition) is 6. The Balaban J connectivity index is 1.39. The Hall–Kier alpha value is -3.96. The molecule has 0 bridgehead atoms. The molecule has 1 aliphatic rings. The number of anilines is 1. The van der Waals surface area contributed by atoms with E-state index in [2.05, 4.69) is 26.3 Å². The van der Waals surface area contributed by atoms with Crippen LogP contribution in [0.15, 0.2) is 54.7 Å². The average molecular weight is 443 g/mol. The van der Waals surface area contributed by atoms with E-state index in [0.29, 0.717) is 60.9 Å². The number of carbonyl (C=O) groups excluding carboxylic acids is 2. The van der Waals surface area contributed by atoms with Crippen LogP contribution in [0.2, 0.25) is 0 Å². The lowest BCUT2D eigenvalue weighted by molar-refractivity contribution is 0.0924. The van der Waals surface area contributed by atoms with Crippen LogP contribution in [0.4, 0.5) is 5.82 Å². The van der Waals surface area contributed by atoms with Crippen LogP contribution in [-0.4, -0.2) is 59.0 Å². The summed E-state index contributed by atoms with van der Waals surface area (Å²) in [5.74, 6) is 0.495. The minimum Gasteiger partial charge on any atom is -0.353 e. The quantitative estimate of drug-likeness (QED) is 0.590. The van der Waals surface area contributed by atoms with E-state index >= 15 is 0 Å². The summed E-state index contributed by atoms with van der Waals surface area (Å²) in [6.07, 6.45) is 1.69. The Morgan fingerprint density at radius 2 is 1.79 bits per heavy atom. The number of amides is 1. The van der Waals surface area contributed by atoms with Gasteiger partial charge in [0, 0.05) is 54.9 Å². The fourth-order valence-electron chi connectivity index (χ4n) is 4.12. The van der Waals surface area contributed by atoms with Gasteiger partial charge in [0.2, 0.25) is 0 Å². The number of hydrogen-bond donors (Lipinski definition) is 1. The number of carbonyl (C=O) groups is 2. The standard InChI is InChI=1S/C25H26N6O2/c1-18-15-22(19(2)31(18)28-25(33)20-7-4-3-5-8-20)23(32)17-29-11-13-30(14-12-29)24-21(16-26)9-6-10-27-24/h3-10,15H,11-14,17H2,1-2H3,(H,28,33). The van der Waals surface area contributed by atoms with Crippen molar-refractivity contribution in [3.05, 3.63) is 82.8 Å². The molecule has 33 heavy (non-hydrogen) atoms. The van der Waals surface area contributed by atoms with Gasteiger partial charge in [0.05, 0.1) is 12.1 Å². The van der Waals surface area contributed by atoms with Gasteiger partial charge in [-0.1, -0.05) is 18.2 Å². The third-order valence-corrected chi connectivity index (χ3v) is 5.93. The van der Waals surface area contributed by atoms with Gasteiger partial charge in [0.15, 0.2) is 5.78 Å². The Kier molecular flexibility index (Phi) is 6.52. The summed E-state index contributed by atoms with van der Waals surface area (Å²) in [5.41, 5.74) is 6.12. The highest BCUT2D eigenvalue weighted by Gasteiger charge is 2.24. The first-order valence-corrected chi connectivity index (χ1v) is 10.9. The van der Waals surface area contributed by atoms with Crippen molar-refractivity contribution in [2.45, 2.75) is 13.8 Å². The van der Waals surface area contributed by atoms with Gasteiger partial charge in [0.25, 0.3) is 5.91 Å². The van der Waals surface area contributed by atoms with Crippen molar-refractivity contribution < 1.29 is 9.59 Å². The molecular formula is C25H26N6O2. The van der Waals surface area contributed by atoms with Gasteiger partial charge < -0.3 is 4.90 Å². The molecule has 1 fully saturated rings. The van der Waals surface area contributed by atoms with E-state index in [1.165, 1.54) is 0 Å². The molecule has 1 saturated heterocycles. The molecule has 3 heterocycles. The molecule has 0 aliphatic carbocycles. The van der Waals surface area contributed by atoms with Crippen molar-refractivity contribution in [1.29, 1.82) is 5.26 Å². The maximum atomic E-state index is 13.1. The molecule has 2 aromatic heterocycles. The second-order valence-electron chi connectivity index (χ2n) is 8.10. The van der Waals surface area contributed by atoms with Crippen LogP contribution < -0.4 is 10.3 Å². The van der Waals surface area contributed by atoms with Crippen LogP contribution in [0.3, 0.4) is 0 Å². The molecular weight excluding hydrogens is 416 g/mol. The predicted octanol–water partition coefficient (Wildman–Crippen LogP) is 2.76. The first-order chi connectivity index (χ1) is 16.0. The number of aryl methyl sites for hydroxylation is 1. The smallest absolute Gasteiger partial charge is 0.270 e. The first-order valence-electron chi connectivity index (χ1n) is 10.9. The molecule has 0 radical (unpaired) electrons. The van der Waals surface area contributed by atoms with E-state index in [-0.39, 0.29) is 11.7 Å². The molecule has 0 unspecified atom stereocenters. The highest BCUT2D eigenvalue weighted by atomic mass is 16.2. The Morgan fingerprint density at radius 1 is 1.06 bits per heavy atom. The molecule has 1 aromatic carbocycles. The van der Waals surface area contributed by atoms with Crippen molar-refractivity contribution in [1.82, 2.24) is 14.6 Å². The molecule has 0 saturated carbocycles. The first kappa shape index (κ1) is 22.2. The van der Waals surface area contributed by atoms with Gasteiger partial charge in [-0.15, -0.1) is 0 Å². The molecule has 0 atom stereocenters. The summed E-state index contributed by atoms with van der Waals surface area (Å²) < 4.78 is 1.67. The second-order valence-corrected chi connectivity index (χ2v) is 8.10. The second kappa shape index (κ2) is 9.67. The third-order valence-electron chi connectivity index (χ3n) is 5.93. The minimum absolute atomic E-state index is 0.0207. The average Bonchev–Trinajstić information content (AvgIpc) is 3.13. The van der Waals surface area contributed by atoms with Crippen molar-refractivity contribution >= 4 is 17.5 Å². The van der Waals surface area contributed by atoms with Crippen LogP contribution in [0.1, 0.15) is 37.7 Å². The monoisotopic (exact) mass is 442 g/mol. The number of pyridine rings is 1. The van der Waals surface area contributed by atoms with Crippen LogP contribution in [0.25, 0.3) is 0 Å². The SMILES string of the molecule is Cc1cc(C(=O)CN2CCN(c3ncccc3C#N)CC2)c(C)n1NC(=O)c1ccccc1.